The van der Waals surface area contributed by atoms with E-state index in [-0.39, 0.29) is 12.5 Å². The molecule has 6 rings (SSSR count). The third-order valence-electron chi connectivity index (χ3n) is 9.43. The molecule has 3 aliphatic heterocycles. The number of benzene rings is 3. The molecule has 2 bridgehead atoms. The smallest absolute Gasteiger partial charge is 0.310 e. The molecule has 2 unspecified atom stereocenters. The van der Waals surface area contributed by atoms with Crippen LogP contribution in [-0.4, -0.2) is 63.3 Å². The molecule has 41 heavy (non-hydrogen) atoms. The first-order valence-corrected chi connectivity index (χ1v) is 14.1. The van der Waals surface area contributed by atoms with Gasteiger partial charge >= 0.3 is 5.97 Å². The molecule has 0 aromatic heterocycles. The third kappa shape index (κ3) is 3.92. The summed E-state index contributed by atoms with van der Waals surface area (Å²) in [6.45, 7) is 5.49. The number of hydrogen-bond acceptors (Lipinski definition) is 5. The molecule has 3 aromatic carbocycles. The maximum Gasteiger partial charge on any atom is 0.310 e. The van der Waals surface area contributed by atoms with E-state index < -0.39 is 53.6 Å². The maximum absolute atomic E-state index is 14.8. The second-order valence-electron chi connectivity index (χ2n) is 11.3. The number of amides is 2. The Morgan fingerprint density at radius 2 is 1.80 bits per heavy atom. The topological polar surface area (TPSA) is 107 Å². The molecule has 3 heterocycles. The molecule has 1 spiro atoms. The first-order chi connectivity index (χ1) is 19.8. The van der Waals surface area contributed by atoms with Crippen LogP contribution in [0.25, 0.3) is 10.8 Å². The fourth-order valence-electron chi connectivity index (χ4n) is 7.62. The van der Waals surface area contributed by atoms with Crippen molar-refractivity contribution in [3.63, 3.8) is 0 Å². The lowest BCUT2D eigenvalue weighted by molar-refractivity contribution is -0.157. The van der Waals surface area contributed by atoms with E-state index in [9.17, 15) is 24.6 Å². The van der Waals surface area contributed by atoms with Gasteiger partial charge in [0.1, 0.15) is 17.6 Å². The number of nitrogens with zero attached hydrogens (tertiary/aromatic N) is 2. The van der Waals surface area contributed by atoms with E-state index in [2.05, 4.69) is 6.58 Å². The van der Waals surface area contributed by atoms with Crippen molar-refractivity contribution in [2.24, 2.45) is 11.8 Å². The van der Waals surface area contributed by atoms with Crippen molar-refractivity contribution >= 4 is 34.2 Å². The number of rotatable bonds is 9. The summed E-state index contributed by atoms with van der Waals surface area (Å²) in [5, 5.41) is 23.0. The number of fused-ring (bicyclic) bond motifs is 2. The van der Waals surface area contributed by atoms with Crippen LogP contribution >= 0.6 is 0 Å². The largest absolute Gasteiger partial charge is 0.481 e. The Bertz CT molecular complexity index is 1520. The molecule has 3 fully saturated rings. The van der Waals surface area contributed by atoms with Crippen LogP contribution < -0.4 is 4.90 Å². The lowest BCUT2D eigenvalue weighted by Crippen LogP contribution is -2.57. The van der Waals surface area contributed by atoms with Crippen LogP contribution in [0.2, 0.25) is 0 Å². The Hall–Kier alpha value is -4.01. The summed E-state index contributed by atoms with van der Waals surface area (Å²) in [6, 6.07) is 20.6. The van der Waals surface area contributed by atoms with E-state index in [1.807, 2.05) is 67.6 Å². The van der Waals surface area contributed by atoms with E-state index in [1.165, 1.54) is 4.90 Å². The fourth-order valence-corrected chi connectivity index (χ4v) is 7.62. The number of carboxylic acids is 1. The molecular weight excluding hydrogens is 520 g/mol. The standard InChI is InChI=1S/C33H34N2O6/c1-3-18-34(24-15-14-21-10-8-9-13-23(21)19-24)30(38)28-33-17-16-32(4-2,41-33)27(31(39)40)26(33)29(37)35(28)25(20-36)22-11-6-5-7-12-22/h3,5-15,19,25-28,36H,1,4,16-18,20H2,2H3,(H,39,40)/t25-,26+,27-,28?,32+,33?/m1/s1. The van der Waals surface area contributed by atoms with E-state index in [0.717, 1.165) is 10.8 Å². The van der Waals surface area contributed by atoms with Crippen LogP contribution in [0, 0.1) is 11.8 Å². The monoisotopic (exact) mass is 554 g/mol. The number of aliphatic carboxylic acids is 1. The van der Waals surface area contributed by atoms with Crippen molar-refractivity contribution in [1.82, 2.24) is 4.90 Å². The van der Waals surface area contributed by atoms with Crippen molar-refractivity contribution < 1.29 is 29.3 Å². The highest BCUT2D eigenvalue weighted by Crippen LogP contribution is 2.65. The summed E-state index contributed by atoms with van der Waals surface area (Å²) in [7, 11) is 0. The van der Waals surface area contributed by atoms with Gasteiger partial charge in [-0.1, -0.05) is 73.7 Å². The maximum atomic E-state index is 14.8. The zero-order valence-electron chi connectivity index (χ0n) is 23.0. The van der Waals surface area contributed by atoms with E-state index in [4.69, 9.17) is 4.74 Å². The van der Waals surface area contributed by atoms with Gasteiger partial charge in [-0.2, -0.15) is 0 Å². The predicted molar refractivity (Wildman–Crippen MR) is 154 cm³/mol. The minimum atomic E-state index is -1.33. The van der Waals surface area contributed by atoms with Crippen LogP contribution in [0.5, 0.6) is 0 Å². The van der Waals surface area contributed by atoms with Crippen molar-refractivity contribution in [1.29, 1.82) is 0 Å². The van der Waals surface area contributed by atoms with Crippen LogP contribution in [0.1, 0.15) is 37.8 Å². The van der Waals surface area contributed by atoms with E-state index in [0.29, 0.717) is 30.5 Å². The van der Waals surface area contributed by atoms with Crippen molar-refractivity contribution in [3.8, 4) is 0 Å². The average molecular weight is 555 g/mol. The van der Waals surface area contributed by atoms with Gasteiger partial charge in [-0.05, 0) is 47.7 Å². The number of carbonyl (C=O) groups excluding carboxylic acids is 2. The highest BCUT2D eigenvalue weighted by molar-refractivity contribution is 6.05. The van der Waals surface area contributed by atoms with Crippen molar-refractivity contribution in [2.45, 2.75) is 49.5 Å². The van der Waals surface area contributed by atoms with Gasteiger partial charge in [0.15, 0.2) is 0 Å². The van der Waals surface area contributed by atoms with E-state index >= 15 is 0 Å². The number of likely N-dealkylation sites (tertiary alicyclic amines) is 1. The zero-order chi connectivity index (χ0) is 28.9. The number of anilines is 1. The molecule has 6 atom stereocenters. The van der Waals surface area contributed by atoms with Gasteiger partial charge in [0.25, 0.3) is 5.91 Å². The predicted octanol–water partition coefficient (Wildman–Crippen LogP) is 4.33. The normalized spacial score (nSPS) is 29.0. The van der Waals surface area contributed by atoms with Gasteiger partial charge in [0.2, 0.25) is 5.91 Å². The van der Waals surface area contributed by atoms with Crippen LogP contribution in [0.4, 0.5) is 5.69 Å². The number of hydrogen-bond donors (Lipinski definition) is 2. The molecule has 212 valence electrons. The molecule has 8 heteroatoms. The van der Waals surface area contributed by atoms with Crippen LogP contribution in [-0.2, 0) is 19.1 Å². The molecule has 0 saturated carbocycles. The number of carbonyl (C=O) groups is 3. The quantitative estimate of drug-likeness (QED) is 0.382. The van der Waals surface area contributed by atoms with Gasteiger partial charge in [-0.3, -0.25) is 14.4 Å². The van der Waals surface area contributed by atoms with Gasteiger partial charge in [0, 0.05) is 12.2 Å². The lowest BCUT2D eigenvalue weighted by atomic mass is 9.65. The molecule has 8 nitrogen and oxygen atoms in total. The Labute approximate surface area is 238 Å². The average Bonchev–Trinajstić information content (AvgIpc) is 3.60. The number of aliphatic hydroxyl groups is 1. The molecule has 3 aromatic rings. The van der Waals surface area contributed by atoms with Gasteiger partial charge in [-0.15, -0.1) is 6.58 Å². The van der Waals surface area contributed by atoms with Crippen molar-refractivity contribution in [3.05, 3.63) is 91.0 Å². The summed E-state index contributed by atoms with van der Waals surface area (Å²) in [4.78, 5) is 45.0. The molecule has 0 aliphatic carbocycles. The molecule has 2 amide bonds. The summed E-state index contributed by atoms with van der Waals surface area (Å²) < 4.78 is 6.70. The van der Waals surface area contributed by atoms with Crippen molar-refractivity contribution in [2.75, 3.05) is 18.1 Å². The lowest BCUT2D eigenvalue weighted by Gasteiger charge is -2.39. The van der Waals surface area contributed by atoms with Gasteiger partial charge < -0.3 is 24.7 Å². The first kappa shape index (κ1) is 27.2. The number of carboxylic acid groups (broad SMARTS) is 1. The summed E-state index contributed by atoms with van der Waals surface area (Å²) in [5.41, 5.74) is -1.06. The molecular formula is C33H34N2O6. The minimum absolute atomic E-state index is 0.173. The summed E-state index contributed by atoms with van der Waals surface area (Å²) in [5.74, 6) is -4.08. The summed E-state index contributed by atoms with van der Waals surface area (Å²) >= 11 is 0. The second-order valence-corrected chi connectivity index (χ2v) is 11.3. The highest BCUT2D eigenvalue weighted by Gasteiger charge is 2.79. The highest BCUT2D eigenvalue weighted by atomic mass is 16.5. The Kier molecular flexibility index (Phi) is 6.71. The Balaban J connectivity index is 1.52. The van der Waals surface area contributed by atoms with E-state index in [1.54, 1.807) is 23.1 Å². The zero-order valence-corrected chi connectivity index (χ0v) is 23.0. The van der Waals surface area contributed by atoms with Crippen LogP contribution in [0.15, 0.2) is 85.5 Å². The molecule has 3 saturated heterocycles. The fraction of sp³-hybridized carbons (Fsp3) is 0.364. The third-order valence-corrected chi connectivity index (χ3v) is 9.43. The minimum Gasteiger partial charge on any atom is -0.481 e. The Morgan fingerprint density at radius 1 is 1.10 bits per heavy atom. The first-order valence-electron chi connectivity index (χ1n) is 14.1. The molecule has 3 aliphatic rings. The second kappa shape index (κ2) is 10.1. The SMILES string of the molecule is C=CCN(C(=O)C1N([C@H](CO)c2ccccc2)C(=O)[C@@H]2[C@H](C(=O)O)[C@]3(CC)CCC12O3)c1ccc2ccccc2c1. The number of aliphatic hydroxyl groups excluding tert-OH is 1. The molecule has 0 radical (unpaired) electrons. The van der Waals surface area contributed by atoms with Gasteiger partial charge in [-0.25, -0.2) is 0 Å². The molecule has 2 N–H and O–H groups in total. The summed E-state index contributed by atoms with van der Waals surface area (Å²) in [6.07, 6.45) is 2.86. The van der Waals surface area contributed by atoms with Gasteiger partial charge in [0.05, 0.1) is 24.2 Å². The number of ether oxygens (including phenoxy) is 1. The Morgan fingerprint density at radius 3 is 2.46 bits per heavy atom. The van der Waals surface area contributed by atoms with Crippen LogP contribution in [0.3, 0.4) is 0 Å².